The molecule has 2 amide bonds. The molecule has 0 unspecified atom stereocenters. The van der Waals surface area contributed by atoms with Crippen LogP contribution in [0.1, 0.15) is 31.2 Å². The predicted octanol–water partition coefficient (Wildman–Crippen LogP) is 3.58. The van der Waals surface area contributed by atoms with Crippen LogP contribution in [0.3, 0.4) is 0 Å². The summed E-state index contributed by atoms with van der Waals surface area (Å²) in [5, 5.41) is 5.86. The number of halogens is 1. The SMILES string of the molecule is O=C(/C=C/c1ccc(S(=O)(=O)Nc2ccccc2Cl)cc1)NCCNC(=O)C1CCCC1. The van der Waals surface area contributed by atoms with E-state index in [4.69, 9.17) is 11.6 Å². The number of para-hydroxylation sites is 1. The molecule has 32 heavy (non-hydrogen) atoms. The zero-order chi connectivity index (χ0) is 23.0. The first-order valence-corrected chi connectivity index (χ1v) is 12.3. The maximum Gasteiger partial charge on any atom is 0.261 e. The largest absolute Gasteiger partial charge is 0.354 e. The van der Waals surface area contributed by atoms with Crippen LogP contribution in [-0.4, -0.2) is 33.3 Å². The molecule has 0 bridgehead atoms. The van der Waals surface area contributed by atoms with Crippen molar-refractivity contribution in [1.82, 2.24) is 10.6 Å². The van der Waals surface area contributed by atoms with Crippen molar-refractivity contribution in [3.8, 4) is 0 Å². The van der Waals surface area contributed by atoms with E-state index in [1.807, 2.05) is 0 Å². The molecule has 0 heterocycles. The number of carbonyl (C=O) groups excluding carboxylic acids is 2. The third kappa shape index (κ3) is 6.83. The van der Waals surface area contributed by atoms with Gasteiger partial charge in [0, 0.05) is 25.1 Å². The fourth-order valence-corrected chi connectivity index (χ4v) is 4.76. The Labute approximate surface area is 193 Å². The zero-order valence-corrected chi connectivity index (χ0v) is 19.1. The van der Waals surface area contributed by atoms with Crippen molar-refractivity contribution in [2.75, 3.05) is 17.8 Å². The van der Waals surface area contributed by atoms with Gasteiger partial charge in [-0.05, 0) is 48.7 Å². The third-order valence-electron chi connectivity index (χ3n) is 5.19. The molecule has 0 spiro atoms. The summed E-state index contributed by atoms with van der Waals surface area (Å²) in [5.74, 6) is -0.124. The summed E-state index contributed by atoms with van der Waals surface area (Å²) >= 11 is 6.01. The van der Waals surface area contributed by atoms with Crippen molar-refractivity contribution in [3.05, 3.63) is 65.2 Å². The summed E-state index contributed by atoms with van der Waals surface area (Å²) in [6.45, 7) is 0.729. The fraction of sp³-hybridized carbons (Fsp3) is 0.304. The summed E-state index contributed by atoms with van der Waals surface area (Å²) in [5.41, 5.74) is 0.973. The molecule has 0 radical (unpaired) electrons. The van der Waals surface area contributed by atoms with Gasteiger partial charge in [0.25, 0.3) is 10.0 Å². The molecule has 3 rings (SSSR count). The molecule has 1 aliphatic rings. The van der Waals surface area contributed by atoms with Crippen LogP contribution in [0.4, 0.5) is 5.69 Å². The van der Waals surface area contributed by atoms with Crippen LogP contribution in [0.15, 0.2) is 59.5 Å². The Morgan fingerprint density at radius 1 is 0.969 bits per heavy atom. The highest BCUT2D eigenvalue weighted by atomic mass is 35.5. The minimum absolute atomic E-state index is 0.0614. The van der Waals surface area contributed by atoms with Crippen molar-refractivity contribution in [2.45, 2.75) is 30.6 Å². The number of amides is 2. The highest BCUT2D eigenvalue weighted by Crippen LogP contribution is 2.25. The molecule has 7 nitrogen and oxygen atoms in total. The molecule has 1 fully saturated rings. The van der Waals surface area contributed by atoms with Gasteiger partial charge in [0.2, 0.25) is 11.8 Å². The molecule has 2 aromatic carbocycles. The van der Waals surface area contributed by atoms with Crippen molar-refractivity contribution in [3.63, 3.8) is 0 Å². The molecular weight excluding hydrogens is 450 g/mol. The maximum atomic E-state index is 12.5. The number of sulfonamides is 1. The van der Waals surface area contributed by atoms with Crippen LogP contribution in [0.5, 0.6) is 0 Å². The number of hydrogen-bond donors (Lipinski definition) is 3. The molecule has 1 saturated carbocycles. The van der Waals surface area contributed by atoms with E-state index in [-0.39, 0.29) is 22.6 Å². The Kier molecular flexibility index (Phi) is 8.30. The summed E-state index contributed by atoms with van der Waals surface area (Å²) in [6, 6.07) is 12.7. The van der Waals surface area contributed by atoms with E-state index in [0.717, 1.165) is 25.7 Å². The molecule has 170 valence electrons. The van der Waals surface area contributed by atoms with Crippen LogP contribution < -0.4 is 15.4 Å². The molecule has 9 heteroatoms. The van der Waals surface area contributed by atoms with Gasteiger partial charge in [-0.1, -0.05) is 48.7 Å². The topological polar surface area (TPSA) is 104 Å². The average Bonchev–Trinajstić information content (AvgIpc) is 3.32. The number of rotatable bonds is 9. The number of hydrogen-bond acceptors (Lipinski definition) is 4. The van der Waals surface area contributed by atoms with Gasteiger partial charge in [-0.15, -0.1) is 0 Å². The lowest BCUT2D eigenvalue weighted by molar-refractivity contribution is -0.125. The smallest absolute Gasteiger partial charge is 0.261 e. The molecule has 0 saturated heterocycles. The van der Waals surface area contributed by atoms with E-state index in [2.05, 4.69) is 15.4 Å². The molecule has 3 N–H and O–H groups in total. The second-order valence-corrected chi connectivity index (χ2v) is 9.64. The van der Waals surface area contributed by atoms with E-state index < -0.39 is 10.0 Å². The molecule has 2 aromatic rings. The Morgan fingerprint density at radius 2 is 1.62 bits per heavy atom. The van der Waals surface area contributed by atoms with Crippen LogP contribution in [0.2, 0.25) is 5.02 Å². The van der Waals surface area contributed by atoms with Crippen molar-refractivity contribution in [2.24, 2.45) is 5.92 Å². The maximum absolute atomic E-state index is 12.5. The molecule has 1 aliphatic carbocycles. The number of carbonyl (C=O) groups is 2. The standard InChI is InChI=1S/C23H26ClN3O4S/c24-20-7-3-4-8-21(20)27-32(30,31)19-12-9-17(10-13-19)11-14-22(28)25-15-16-26-23(29)18-5-1-2-6-18/h3-4,7-14,18,27H,1-2,5-6,15-16H2,(H,25,28)(H,26,29)/b14-11+. The van der Waals surface area contributed by atoms with Gasteiger partial charge >= 0.3 is 0 Å². The van der Waals surface area contributed by atoms with Gasteiger partial charge in [0.1, 0.15) is 0 Å². The first kappa shape index (κ1) is 23.8. The van der Waals surface area contributed by atoms with Crippen LogP contribution in [0, 0.1) is 5.92 Å². The Balaban J connectivity index is 1.46. The monoisotopic (exact) mass is 475 g/mol. The Hall–Kier alpha value is -2.84. The normalized spacial score (nSPS) is 14.4. The lowest BCUT2D eigenvalue weighted by Crippen LogP contribution is -2.36. The summed E-state index contributed by atoms with van der Waals surface area (Å²) in [7, 11) is -3.78. The van der Waals surface area contributed by atoms with Gasteiger partial charge in [0.15, 0.2) is 0 Å². The molecule has 0 aliphatic heterocycles. The lowest BCUT2D eigenvalue weighted by Gasteiger charge is -2.10. The van der Waals surface area contributed by atoms with Crippen molar-refractivity contribution < 1.29 is 18.0 Å². The van der Waals surface area contributed by atoms with Crippen molar-refractivity contribution in [1.29, 1.82) is 0 Å². The fourth-order valence-electron chi connectivity index (χ4n) is 3.44. The summed E-state index contributed by atoms with van der Waals surface area (Å²) < 4.78 is 27.5. The second-order valence-electron chi connectivity index (χ2n) is 7.55. The van der Waals surface area contributed by atoms with Crippen LogP contribution >= 0.6 is 11.6 Å². The van der Waals surface area contributed by atoms with Gasteiger partial charge in [-0.25, -0.2) is 8.42 Å². The lowest BCUT2D eigenvalue weighted by atomic mass is 10.1. The summed E-state index contributed by atoms with van der Waals surface area (Å²) in [4.78, 5) is 24.0. The highest BCUT2D eigenvalue weighted by Gasteiger charge is 2.21. The van der Waals surface area contributed by atoms with Gasteiger partial charge in [0.05, 0.1) is 15.6 Å². The van der Waals surface area contributed by atoms with Crippen LogP contribution in [0.25, 0.3) is 6.08 Å². The minimum atomic E-state index is -3.78. The molecule has 0 atom stereocenters. The Morgan fingerprint density at radius 3 is 2.31 bits per heavy atom. The third-order valence-corrected chi connectivity index (χ3v) is 6.90. The van der Waals surface area contributed by atoms with E-state index >= 15 is 0 Å². The quantitative estimate of drug-likeness (QED) is 0.381. The minimum Gasteiger partial charge on any atom is -0.354 e. The number of benzene rings is 2. The Bertz CT molecular complexity index is 1080. The summed E-state index contributed by atoms with van der Waals surface area (Å²) in [6.07, 6.45) is 7.04. The molecule has 0 aromatic heterocycles. The first-order chi connectivity index (χ1) is 15.3. The van der Waals surface area contributed by atoms with Crippen molar-refractivity contribution >= 4 is 45.2 Å². The van der Waals surface area contributed by atoms with Gasteiger partial charge < -0.3 is 10.6 Å². The van der Waals surface area contributed by atoms with Crippen LogP contribution in [-0.2, 0) is 19.6 Å². The number of nitrogens with one attached hydrogen (secondary N) is 3. The highest BCUT2D eigenvalue weighted by molar-refractivity contribution is 7.92. The van der Waals surface area contributed by atoms with Gasteiger partial charge in [-0.2, -0.15) is 0 Å². The van der Waals surface area contributed by atoms with E-state index in [0.29, 0.717) is 29.4 Å². The van der Waals surface area contributed by atoms with E-state index in [1.54, 1.807) is 42.5 Å². The average molecular weight is 476 g/mol. The zero-order valence-electron chi connectivity index (χ0n) is 17.5. The first-order valence-electron chi connectivity index (χ1n) is 10.5. The van der Waals surface area contributed by atoms with E-state index in [9.17, 15) is 18.0 Å². The van der Waals surface area contributed by atoms with E-state index in [1.165, 1.54) is 18.2 Å². The number of anilines is 1. The predicted molar refractivity (Wildman–Crippen MR) is 126 cm³/mol. The second kappa shape index (κ2) is 11.2. The van der Waals surface area contributed by atoms with Gasteiger partial charge in [-0.3, -0.25) is 14.3 Å². The molecular formula is C23H26ClN3O4S.